The molecule has 5 nitrogen and oxygen atoms in total. The molecule has 0 aliphatic carbocycles. The van der Waals surface area contributed by atoms with Gasteiger partial charge in [-0.1, -0.05) is 6.42 Å². The minimum Gasteiger partial charge on any atom is -0.466 e. The number of Topliss-reactive ketones (excluding diaryl/α,β-unsaturated/α-hetero) is 2. The zero-order valence-electron chi connectivity index (χ0n) is 12.5. The zero-order valence-corrected chi connectivity index (χ0v) is 12.5. The lowest BCUT2D eigenvalue weighted by atomic mass is 9.90. The monoisotopic (exact) mass is 291 g/mol. The number of unbranched alkanes of at least 4 members (excludes halogenated alkanes) is 1. The third kappa shape index (κ3) is 5.85. The van der Waals surface area contributed by atoms with Crippen LogP contribution in [-0.4, -0.2) is 29.1 Å². The van der Waals surface area contributed by atoms with Crippen LogP contribution in [0.15, 0.2) is 24.5 Å². The van der Waals surface area contributed by atoms with E-state index in [0.29, 0.717) is 37.9 Å². The summed E-state index contributed by atoms with van der Waals surface area (Å²) in [7, 11) is 0. The predicted molar refractivity (Wildman–Crippen MR) is 77.8 cm³/mol. The number of ether oxygens (including phenoxy) is 1. The number of rotatable bonds is 9. The molecule has 5 heteroatoms. The molecule has 0 amide bonds. The van der Waals surface area contributed by atoms with Gasteiger partial charge in [-0.25, -0.2) is 0 Å². The van der Waals surface area contributed by atoms with E-state index in [1.54, 1.807) is 19.1 Å². The molecule has 0 spiro atoms. The van der Waals surface area contributed by atoms with Crippen LogP contribution >= 0.6 is 0 Å². The standard InChI is InChI=1S/C16H21NO4/c1-3-21-15(19)7-5-4-6-14(12(2)18)16(20)13-8-10-17-11-9-13/h8-11,14H,3-7H2,1-2H3. The van der Waals surface area contributed by atoms with Crippen molar-refractivity contribution in [1.29, 1.82) is 0 Å². The van der Waals surface area contributed by atoms with E-state index >= 15 is 0 Å². The number of hydrogen-bond donors (Lipinski definition) is 0. The second-order valence-electron chi connectivity index (χ2n) is 4.81. The van der Waals surface area contributed by atoms with Crippen molar-refractivity contribution in [2.75, 3.05) is 6.61 Å². The Morgan fingerprint density at radius 1 is 1.19 bits per heavy atom. The second kappa shape index (κ2) is 9.00. The van der Waals surface area contributed by atoms with Crippen molar-refractivity contribution in [3.63, 3.8) is 0 Å². The molecule has 0 N–H and O–H groups in total. The highest BCUT2D eigenvalue weighted by Crippen LogP contribution is 2.17. The summed E-state index contributed by atoms with van der Waals surface area (Å²) in [5, 5.41) is 0. The lowest BCUT2D eigenvalue weighted by molar-refractivity contribution is -0.143. The van der Waals surface area contributed by atoms with Crippen LogP contribution in [0.3, 0.4) is 0 Å². The van der Waals surface area contributed by atoms with Crippen molar-refractivity contribution in [2.24, 2.45) is 5.92 Å². The maximum Gasteiger partial charge on any atom is 0.305 e. The fourth-order valence-corrected chi connectivity index (χ4v) is 2.09. The molecule has 21 heavy (non-hydrogen) atoms. The lowest BCUT2D eigenvalue weighted by Gasteiger charge is -2.12. The Morgan fingerprint density at radius 3 is 2.43 bits per heavy atom. The molecule has 0 saturated carbocycles. The summed E-state index contributed by atoms with van der Waals surface area (Å²) in [4.78, 5) is 39.0. The van der Waals surface area contributed by atoms with Crippen molar-refractivity contribution in [2.45, 2.75) is 39.5 Å². The van der Waals surface area contributed by atoms with Gasteiger partial charge in [-0.05, 0) is 38.8 Å². The Morgan fingerprint density at radius 2 is 1.86 bits per heavy atom. The second-order valence-corrected chi connectivity index (χ2v) is 4.81. The minimum atomic E-state index is -0.644. The van der Waals surface area contributed by atoms with Gasteiger partial charge in [0, 0.05) is 24.4 Å². The van der Waals surface area contributed by atoms with Gasteiger partial charge in [-0.2, -0.15) is 0 Å². The molecular weight excluding hydrogens is 270 g/mol. The van der Waals surface area contributed by atoms with Gasteiger partial charge in [-0.3, -0.25) is 19.4 Å². The molecule has 1 unspecified atom stereocenters. The molecular formula is C16H21NO4. The normalized spacial score (nSPS) is 11.7. The van der Waals surface area contributed by atoms with Crippen molar-refractivity contribution in [3.05, 3.63) is 30.1 Å². The molecule has 1 atom stereocenters. The van der Waals surface area contributed by atoms with E-state index < -0.39 is 5.92 Å². The number of nitrogens with zero attached hydrogens (tertiary/aromatic N) is 1. The number of aromatic nitrogens is 1. The van der Waals surface area contributed by atoms with E-state index in [9.17, 15) is 14.4 Å². The topological polar surface area (TPSA) is 73.3 Å². The molecule has 0 fully saturated rings. The molecule has 114 valence electrons. The van der Waals surface area contributed by atoms with Crippen LogP contribution in [-0.2, 0) is 14.3 Å². The number of carbonyl (C=O) groups is 3. The summed E-state index contributed by atoms with van der Waals surface area (Å²) in [6.45, 7) is 3.56. The Bertz CT molecular complexity index is 484. The average molecular weight is 291 g/mol. The molecule has 0 aliphatic rings. The molecule has 0 aliphatic heterocycles. The first kappa shape index (κ1) is 17.0. The Hall–Kier alpha value is -2.04. The molecule has 0 bridgehead atoms. The van der Waals surface area contributed by atoms with E-state index in [0.717, 1.165) is 0 Å². The van der Waals surface area contributed by atoms with Gasteiger partial charge >= 0.3 is 5.97 Å². The Balaban J connectivity index is 2.49. The van der Waals surface area contributed by atoms with Crippen LogP contribution in [0.4, 0.5) is 0 Å². The van der Waals surface area contributed by atoms with Crippen molar-refractivity contribution in [1.82, 2.24) is 4.98 Å². The van der Waals surface area contributed by atoms with E-state index in [4.69, 9.17) is 4.74 Å². The summed E-state index contributed by atoms with van der Waals surface area (Å²) in [6, 6.07) is 3.22. The highest BCUT2D eigenvalue weighted by Gasteiger charge is 2.24. The van der Waals surface area contributed by atoms with E-state index in [1.165, 1.54) is 19.3 Å². The number of ketones is 2. The van der Waals surface area contributed by atoms with E-state index in [1.807, 2.05) is 0 Å². The largest absolute Gasteiger partial charge is 0.466 e. The van der Waals surface area contributed by atoms with Gasteiger partial charge in [0.25, 0.3) is 0 Å². The first-order chi connectivity index (χ1) is 10.1. The van der Waals surface area contributed by atoms with Crippen molar-refractivity contribution < 1.29 is 19.1 Å². The smallest absolute Gasteiger partial charge is 0.305 e. The van der Waals surface area contributed by atoms with Crippen LogP contribution in [0.1, 0.15) is 49.9 Å². The van der Waals surface area contributed by atoms with Gasteiger partial charge in [0.05, 0.1) is 12.5 Å². The Kier molecular flexibility index (Phi) is 7.29. The van der Waals surface area contributed by atoms with Crippen LogP contribution in [0.5, 0.6) is 0 Å². The SMILES string of the molecule is CCOC(=O)CCCCC(C(C)=O)C(=O)c1ccncc1. The Labute approximate surface area is 124 Å². The van der Waals surface area contributed by atoms with Crippen LogP contribution < -0.4 is 0 Å². The average Bonchev–Trinajstić information content (AvgIpc) is 2.47. The summed E-state index contributed by atoms with van der Waals surface area (Å²) < 4.78 is 4.83. The van der Waals surface area contributed by atoms with Crippen molar-refractivity contribution in [3.8, 4) is 0 Å². The fraction of sp³-hybridized carbons (Fsp3) is 0.500. The van der Waals surface area contributed by atoms with E-state index in [2.05, 4.69) is 4.98 Å². The molecule has 0 saturated heterocycles. The van der Waals surface area contributed by atoms with Crippen LogP contribution in [0.2, 0.25) is 0 Å². The maximum absolute atomic E-state index is 12.3. The van der Waals surface area contributed by atoms with Gasteiger partial charge in [0.2, 0.25) is 0 Å². The predicted octanol–water partition coefficient (Wildman–Crippen LogP) is 2.59. The first-order valence-electron chi connectivity index (χ1n) is 7.16. The molecule has 1 rings (SSSR count). The van der Waals surface area contributed by atoms with Crippen LogP contribution in [0.25, 0.3) is 0 Å². The van der Waals surface area contributed by atoms with Gasteiger partial charge in [0.1, 0.15) is 5.78 Å². The quantitative estimate of drug-likeness (QED) is 0.302. The van der Waals surface area contributed by atoms with Crippen LogP contribution in [0, 0.1) is 5.92 Å². The summed E-state index contributed by atoms with van der Waals surface area (Å²) in [5.41, 5.74) is 0.496. The minimum absolute atomic E-state index is 0.145. The first-order valence-corrected chi connectivity index (χ1v) is 7.16. The lowest BCUT2D eigenvalue weighted by Crippen LogP contribution is -2.22. The maximum atomic E-state index is 12.3. The highest BCUT2D eigenvalue weighted by atomic mass is 16.5. The van der Waals surface area contributed by atoms with Gasteiger partial charge in [0.15, 0.2) is 5.78 Å². The summed E-state index contributed by atoms with van der Waals surface area (Å²) in [5.74, 6) is -1.21. The van der Waals surface area contributed by atoms with Crippen molar-refractivity contribution >= 4 is 17.5 Å². The van der Waals surface area contributed by atoms with Gasteiger partial charge < -0.3 is 4.74 Å². The highest BCUT2D eigenvalue weighted by molar-refractivity contribution is 6.09. The molecule has 0 radical (unpaired) electrons. The van der Waals surface area contributed by atoms with Gasteiger partial charge in [-0.15, -0.1) is 0 Å². The number of pyridine rings is 1. The summed E-state index contributed by atoms with van der Waals surface area (Å²) >= 11 is 0. The molecule has 1 aromatic heterocycles. The number of hydrogen-bond acceptors (Lipinski definition) is 5. The fourth-order valence-electron chi connectivity index (χ4n) is 2.09. The third-order valence-corrected chi connectivity index (χ3v) is 3.20. The number of carbonyl (C=O) groups excluding carboxylic acids is 3. The molecule has 1 aromatic rings. The molecule has 1 heterocycles. The van der Waals surface area contributed by atoms with E-state index in [-0.39, 0.29) is 17.5 Å². The summed E-state index contributed by atoms with van der Waals surface area (Å²) in [6.07, 6.45) is 5.10. The number of esters is 1. The molecule has 0 aromatic carbocycles. The zero-order chi connectivity index (χ0) is 15.7. The third-order valence-electron chi connectivity index (χ3n) is 3.20.